The van der Waals surface area contributed by atoms with Gasteiger partial charge < -0.3 is 10.7 Å². The van der Waals surface area contributed by atoms with E-state index in [1.165, 1.54) is 0 Å². The first-order valence-electron chi connectivity index (χ1n) is 6.31. The Kier molecular flexibility index (Phi) is 6.35. The molecule has 1 unspecified atom stereocenters. The maximum atomic E-state index is 12.7. The summed E-state index contributed by atoms with van der Waals surface area (Å²) >= 11 is 1.55. The van der Waals surface area contributed by atoms with Gasteiger partial charge in [0.1, 0.15) is 0 Å². The molecule has 0 saturated heterocycles. The molecule has 0 aliphatic carbocycles. The summed E-state index contributed by atoms with van der Waals surface area (Å²) in [5, 5.41) is 2.71. The second kappa shape index (κ2) is 7.56. The minimum Gasteiger partial charge on any atom is -0.348 e. The molecular formula is C13H18F3N3OS. The van der Waals surface area contributed by atoms with Crippen LogP contribution in [-0.2, 0) is 6.18 Å². The van der Waals surface area contributed by atoms with Gasteiger partial charge in [-0.3, -0.25) is 10.6 Å². The van der Waals surface area contributed by atoms with Crippen molar-refractivity contribution in [3.8, 4) is 0 Å². The monoisotopic (exact) mass is 321 g/mol. The molecule has 1 aromatic carbocycles. The van der Waals surface area contributed by atoms with Crippen LogP contribution in [0.15, 0.2) is 18.2 Å². The number of carbonyl (C=O) groups is 1. The molecule has 0 saturated carbocycles. The fourth-order valence-corrected chi connectivity index (χ4v) is 2.48. The van der Waals surface area contributed by atoms with Gasteiger partial charge in [0.25, 0.3) is 5.91 Å². The van der Waals surface area contributed by atoms with Crippen LogP contribution < -0.4 is 16.6 Å². The Morgan fingerprint density at radius 1 is 1.43 bits per heavy atom. The van der Waals surface area contributed by atoms with Crippen molar-refractivity contribution in [1.82, 2.24) is 5.32 Å². The summed E-state index contributed by atoms with van der Waals surface area (Å²) in [5.41, 5.74) is 1.39. The number of rotatable bonds is 6. The van der Waals surface area contributed by atoms with Crippen molar-refractivity contribution in [3.63, 3.8) is 0 Å². The normalized spacial score (nSPS) is 12.9. The molecule has 0 radical (unpaired) electrons. The molecule has 8 heteroatoms. The summed E-state index contributed by atoms with van der Waals surface area (Å²) in [6.45, 7) is 1.90. The van der Waals surface area contributed by atoms with E-state index in [4.69, 9.17) is 5.84 Å². The Hall–Kier alpha value is -1.41. The van der Waals surface area contributed by atoms with E-state index < -0.39 is 17.6 Å². The number of carbonyl (C=O) groups excluding carboxylic acids is 1. The lowest BCUT2D eigenvalue weighted by Crippen LogP contribution is -2.36. The van der Waals surface area contributed by atoms with E-state index in [1.807, 2.05) is 13.2 Å². The van der Waals surface area contributed by atoms with Gasteiger partial charge in [0.2, 0.25) is 0 Å². The van der Waals surface area contributed by atoms with Gasteiger partial charge in [-0.25, -0.2) is 0 Å². The molecule has 118 valence electrons. The topological polar surface area (TPSA) is 67.2 Å². The van der Waals surface area contributed by atoms with Gasteiger partial charge in [-0.1, -0.05) is 6.92 Å². The molecule has 0 aliphatic rings. The number of benzene rings is 1. The third-order valence-electron chi connectivity index (χ3n) is 2.94. The number of nitrogen functional groups attached to an aromatic ring is 1. The van der Waals surface area contributed by atoms with Gasteiger partial charge in [-0.05, 0) is 30.9 Å². The second-order valence-corrected chi connectivity index (χ2v) is 5.35. The van der Waals surface area contributed by atoms with Crippen molar-refractivity contribution >= 4 is 23.4 Å². The van der Waals surface area contributed by atoms with Gasteiger partial charge in [0.15, 0.2) is 0 Å². The van der Waals surface area contributed by atoms with E-state index in [9.17, 15) is 18.0 Å². The number of alkyl halides is 3. The molecule has 1 rings (SSSR count). The van der Waals surface area contributed by atoms with Crippen molar-refractivity contribution in [2.75, 3.05) is 17.4 Å². The molecule has 21 heavy (non-hydrogen) atoms. The van der Waals surface area contributed by atoms with Crippen LogP contribution in [0.3, 0.4) is 0 Å². The van der Waals surface area contributed by atoms with E-state index in [2.05, 4.69) is 10.7 Å². The number of hydrazine groups is 1. The predicted octanol–water partition coefficient (Wildman–Crippen LogP) is 2.86. The maximum absolute atomic E-state index is 12.7. The van der Waals surface area contributed by atoms with Gasteiger partial charge in [-0.2, -0.15) is 24.9 Å². The Labute approximate surface area is 125 Å². The van der Waals surface area contributed by atoms with Crippen LogP contribution >= 0.6 is 11.8 Å². The minimum atomic E-state index is -4.51. The number of thioether (sulfide) groups is 1. The van der Waals surface area contributed by atoms with Crippen LogP contribution in [0.4, 0.5) is 18.9 Å². The number of hydrogen-bond acceptors (Lipinski definition) is 4. The Morgan fingerprint density at radius 2 is 2.10 bits per heavy atom. The van der Waals surface area contributed by atoms with Crippen molar-refractivity contribution in [1.29, 1.82) is 0 Å². The highest BCUT2D eigenvalue weighted by Gasteiger charge is 2.32. The Bertz CT molecular complexity index is 494. The Morgan fingerprint density at radius 3 is 2.57 bits per heavy atom. The smallest absolute Gasteiger partial charge is 0.348 e. The molecule has 4 nitrogen and oxygen atoms in total. The first kappa shape index (κ1) is 17.6. The molecule has 0 aliphatic heterocycles. The fraction of sp³-hybridized carbons (Fsp3) is 0.462. The molecule has 1 amide bonds. The molecule has 1 atom stereocenters. The molecule has 0 fully saturated rings. The van der Waals surface area contributed by atoms with E-state index >= 15 is 0 Å². The van der Waals surface area contributed by atoms with Gasteiger partial charge in [0.05, 0.1) is 16.8 Å². The lowest BCUT2D eigenvalue weighted by Gasteiger charge is -2.18. The van der Waals surface area contributed by atoms with Crippen LogP contribution in [0.1, 0.15) is 29.3 Å². The Balaban J connectivity index is 3.06. The summed E-state index contributed by atoms with van der Waals surface area (Å²) < 4.78 is 38.2. The van der Waals surface area contributed by atoms with Crippen molar-refractivity contribution in [3.05, 3.63) is 29.3 Å². The number of hydrogen-bond donors (Lipinski definition) is 3. The molecule has 0 aromatic heterocycles. The first-order valence-corrected chi connectivity index (χ1v) is 7.70. The maximum Gasteiger partial charge on any atom is 0.416 e. The van der Waals surface area contributed by atoms with Crippen LogP contribution in [0, 0.1) is 0 Å². The molecule has 0 spiro atoms. The lowest BCUT2D eigenvalue weighted by atomic mass is 10.1. The highest BCUT2D eigenvalue weighted by Crippen LogP contribution is 2.31. The average molecular weight is 321 g/mol. The molecular weight excluding hydrogens is 303 g/mol. The summed E-state index contributed by atoms with van der Waals surface area (Å²) in [6.07, 6.45) is -1.92. The molecule has 0 bridgehead atoms. The number of anilines is 1. The van der Waals surface area contributed by atoms with E-state index in [-0.39, 0.29) is 17.3 Å². The first-order chi connectivity index (χ1) is 9.83. The highest BCUT2D eigenvalue weighted by molar-refractivity contribution is 7.98. The molecule has 4 N–H and O–H groups in total. The van der Waals surface area contributed by atoms with E-state index in [1.54, 1.807) is 11.8 Å². The van der Waals surface area contributed by atoms with Crippen LogP contribution in [0.25, 0.3) is 0 Å². The van der Waals surface area contributed by atoms with Crippen molar-refractivity contribution < 1.29 is 18.0 Å². The number of amides is 1. The van der Waals surface area contributed by atoms with Crippen LogP contribution in [-0.4, -0.2) is 24.0 Å². The van der Waals surface area contributed by atoms with Crippen molar-refractivity contribution in [2.45, 2.75) is 25.6 Å². The van der Waals surface area contributed by atoms with Gasteiger partial charge >= 0.3 is 6.18 Å². The third-order valence-corrected chi connectivity index (χ3v) is 3.68. The number of nitrogens with two attached hydrogens (primary N) is 1. The zero-order chi connectivity index (χ0) is 16.0. The minimum absolute atomic E-state index is 0.104. The van der Waals surface area contributed by atoms with Gasteiger partial charge in [0, 0.05) is 11.8 Å². The summed E-state index contributed by atoms with van der Waals surface area (Å²) in [4.78, 5) is 12.2. The predicted molar refractivity (Wildman–Crippen MR) is 79.2 cm³/mol. The van der Waals surface area contributed by atoms with Crippen LogP contribution in [0.5, 0.6) is 0 Å². The zero-order valence-corrected chi connectivity index (χ0v) is 12.6. The van der Waals surface area contributed by atoms with Crippen LogP contribution in [0.2, 0.25) is 0 Å². The number of nitrogens with one attached hydrogen (secondary N) is 2. The third kappa shape index (κ3) is 4.82. The average Bonchev–Trinajstić information content (AvgIpc) is 2.44. The summed E-state index contributed by atoms with van der Waals surface area (Å²) in [5.74, 6) is 5.37. The quantitative estimate of drug-likeness (QED) is 0.557. The largest absolute Gasteiger partial charge is 0.416 e. The SMILES string of the molecule is CCC(CSC)NC(=O)c1cc(C(F)(F)F)ccc1NN. The lowest BCUT2D eigenvalue weighted by molar-refractivity contribution is -0.137. The zero-order valence-electron chi connectivity index (χ0n) is 11.8. The summed E-state index contributed by atoms with van der Waals surface area (Å²) in [7, 11) is 0. The summed E-state index contributed by atoms with van der Waals surface area (Å²) in [6, 6.07) is 2.72. The molecule has 0 heterocycles. The van der Waals surface area contributed by atoms with Crippen molar-refractivity contribution in [2.24, 2.45) is 5.84 Å². The second-order valence-electron chi connectivity index (χ2n) is 4.44. The highest BCUT2D eigenvalue weighted by atomic mass is 32.2. The molecule has 1 aromatic rings. The fourth-order valence-electron chi connectivity index (χ4n) is 1.76. The van der Waals surface area contributed by atoms with Gasteiger partial charge in [-0.15, -0.1) is 0 Å². The standard InChI is InChI=1S/C13H18F3N3OS/c1-3-9(7-21-2)18-12(20)10-6-8(13(14,15)16)4-5-11(10)19-17/h4-6,9,19H,3,7,17H2,1-2H3,(H,18,20). The van der Waals surface area contributed by atoms with E-state index in [0.717, 1.165) is 18.2 Å². The number of halogens is 3. The van der Waals surface area contributed by atoms with E-state index in [0.29, 0.717) is 12.2 Å².